The number of aromatic nitrogens is 2. The van der Waals surface area contributed by atoms with E-state index in [-0.39, 0.29) is 29.0 Å². The Hall–Kier alpha value is -0.160. The minimum Gasteiger partial charge on any atom is -0.478 e. The van der Waals surface area contributed by atoms with E-state index in [2.05, 4.69) is 119 Å². The first kappa shape index (κ1) is 27.9. The number of aromatic carboxylic acids is 2. The van der Waals surface area contributed by atoms with E-state index in [1.807, 2.05) is 36.7 Å². The molecule has 0 aliphatic rings. The summed E-state index contributed by atoms with van der Waals surface area (Å²) in [6.45, 7) is 0. The maximum Gasteiger partial charge on any atom is 0.338 e. The third-order valence-electron chi connectivity index (χ3n) is 2.94. The van der Waals surface area contributed by atoms with Crippen LogP contribution in [0.4, 0.5) is 0 Å². The van der Waals surface area contributed by atoms with Gasteiger partial charge >= 0.3 is 11.9 Å². The second-order valence-electron chi connectivity index (χ2n) is 4.96. The van der Waals surface area contributed by atoms with E-state index < -0.39 is 11.9 Å². The number of pyridine rings is 2. The highest BCUT2D eigenvalue weighted by Crippen LogP contribution is 2.41. The molecule has 6 nitrogen and oxygen atoms in total. The number of carbonyl (C=O) groups is 2. The van der Waals surface area contributed by atoms with Crippen LogP contribution in [0.5, 0.6) is 0 Å². The third kappa shape index (κ3) is 8.76. The summed E-state index contributed by atoms with van der Waals surface area (Å²) < 4.78 is 3.06. The lowest BCUT2D eigenvalue weighted by Gasteiger charge is -2.11. The van der Waals surface area contributed by atoms with Gasteiger partial charge in [-0.1, -0.05) is 0 Å². The van der Waals surface area contributed by atoms with Gasteiger partial charge in [-0.15, -0.1) is 0 Å². The molecule has 0 aliphatic carbocycles. The topological polar surface area (TPSA) is 100 Å². The van der Waals surface area contributed by atoms with Crippen molar-refractivity contribution in [2.75, 3.05) is 0 Å². The highest BCUT2D eigenvalue weighted by atomic mass is 127. The molecule has 12 heteroatoms. The zero-order valence-corrected chi connectivity index (χ0v) is 25.2. The van der Waals surface area contributed by atoms with Gasteiger partial charge in [0, 0.05) is 49.8 Å². The molecule has 0 bridgehead atoms. The maximum atomic E-state index is 11.0. The molecule has 0 unspecified atom stereocenters. The first-order chi connectivity index (χ1) is 14.1. The second-order valence-corrected chi connectivity index (χ2v) is 10.6. The number of hydrogen-bond donors (Lipinski definition) is 2. The number of halogens is 6. The Morgan fingerprint density at radius 3 is 1.13 bits per heavy atom. The van der Waals surface area contributed by atoms with Gasteiger partial charge in [0.05, 0.1) is 11.1 Å². The van der Waals surface area contributed by atoms with Crippen molar-refractivity contribution in [2.45, 2.75) is 0 Å². The molecule has 0 spiro atoms. The summed E-state index contributed by atoms with van der Waals surface area (Å²) in [6.07, 6.45) is 7.17. The first-order valence-corrected chi connectivity index (χ1v) is 12.8. The minimum absolute atomic E-state index is 0.0521. The van der Waals surface area contributed by atoms with Gasteiger partial charge in [-0.2, -0.15) is 0 Å². The Morgan fingerprint density at radius 2 is 1.00 bits per heavy atom. The molecule has 158 valence electrons. The molecular weight excluding hydrogens is 882 g/mol. The van der Waals surface area contributed by atoms with Gasteiger partial charge in [-0.25, -0.2) is 9.59 Å². The lowest BCUT2D eigenvalue weighted by Crippen LogP contribution is -2.07. The zero-order chi connectivity index (χ0) is 22.8. The van der Waals surface area contributed by atoms with Crippen LogP contribution < -0.4 is 0 Å². The van der Waals surface area contributed by atoms with E-state index in [0.717, 1.165) is 0 Å². The lowest BCUT2D eigenvalue weighted by atomic mass is 10.1. The molecule has 0 amide bonds. The average molecular weight is 892 g/mol. The molecule has 0 fully saturated rings. The van der Waals surface area contributed by atoms with E-state index in [4.69, 9.17) is 10.2 Å². The normalized spacial score (nSPS) is 9.53. The van der Waals surface area contributed by atoms with Crippen LogP contribution in [0.2, 0.25) is 0 Å². The summed E-state index contributed by atoms with van der Waals surface area (Å²) in [7, 11) is 0. The molecule has 0 saturated carbocycles. The highest BCUT2D eigenvalue weighted by Gasteiger charge is 2.26. The van der Waals surface area contributed by atoms with E-state index in [1.165, 1.54) is 7.14 Å². The van der Waals surface area contributed by atoms with Crippen molar-refractivity contribution in [3.05, 3.63) is 85.2 Å². The molecule has 0 saturated heterocycles. The van der Waals surface area contributed by atoms with Crippen LogP contribution in [0.25, 0.3) is 0 Å². The maximum absolute atomic E-state index is 11.0. The van der Waals surface area contributed by atoms with Crippen molar-refractivity contribution in [3.8, 4) is 0 Å². The van der Waals surface area contributed by atoms with Crippen molar-refractivity contribution < 1.29 is 19.8 Å². The Balaban J connectivity index is 0.000000263. The van der Waals surface area contributed by atoms with Crippen LogP contribution in [0.1, 0.15) is 20.7 Å². The van der Waals surface area contributed by atoms with E-state index >= 15 is 0 Å². The standard InChI is InChI=1S/C8H2Br4O4.2C5H4IN/c9-3-1(7(13)14)4(10)6(12)2(5(3)11)8(15)16;2*6-5-2-1-3-7-4-5/h(H,13,14)(H,15,16);2*1-4H. The summed E-state index contributed by atoms with van der Waals surface area (Å²) in [6, 6.07) is 7.85. The minimum atomic E-state index is -1.17. The van der Waals surface area contributed by atoms with Crippen LogP contribution in [0.15, 0.2) is 66.9 Å². The van der Waals surface area contributed by atoms with Gasteiger partial charge in [0.2, 0.25) is 0 Å². The Bertz CT molecular complexity index is 914. The second kappa shape index (κ2) is 14.1. The molecule has 2 N–H and O–H groups in total. The van der Waals surface area contributed by atoms with Gasteiger partial charge in [0.1, 0.15) is 0 Å². The Morgan fingerprint density at radius 1 is 0.700 bits per heavy atom. The average Bonchev–Trinajstić information content (AvgIpc) is 2.68. The summed E-state index contributed by atoms with van der Waals surface area (Å²) in [5.41, 5.74) is -0.104. The van der Waals surface area contributed by atoms with Crippen LogP contribution in [-0.2, 0) is 0 Å². The van der Waals surface area contributed by atoms with Crippen LogP contribution >= 0.6 is 109 Å². The van der Waals surface area contributed by atoms with Gasteiger partial charge in [0.25, 0.3) is 0 Å². The molecule has 1 aromatic carbocycles. The zero-order valence-electron chi connectivity index (χ0n) is 14.5. The van der Waals surface area contributed by atoms with Crippen LogP contribution in [-0.4, -0.2) is 32.1 Å². The molecule has 3 rings (SSSR count). The summed E-state index contributed by atoms with van der Waals surface area (Å²) in [4.78, 5) is 29.7. The molecule has 2 heterocycles. The molecule has 0 radical (unpaired) electrons. The lowest BCUT2D eigenvalue weighted by molar-refractivity contribution is 0.0677. The molecule has 0 aliphatic heterocycles. The number of carboxylic acids is 2. The SMILES string of the molecule is Ic1cccnc1.Ic1cccnc1.O=C(O)c1c(Br)c(Br)c(C(=O)O)c(Br)c1Br. The molecule has 30 heavy (non-hydrogen) atoms. The van der Waals surface area contributed by atoms with Gasteiger partial charge < -0.3 is 10.2 Å². The fourth-order valence-electron chi connectivity index (χ4n) is 1.69. The fraction of sp³-hybridized carbons (Fsp3) is 0. The van der Waals surface area contributed by atoms with E-state index in [9.17, 15) is 9.59 Å². The molecule has 2 aromatic heterocycles. The smallest absolute Gasteiger partial charge is 0.338 e. The van der Waals surface area contributed by atoms with Crippen molar-refractivity contribution in [1.82, 2.24) is 9.97 Å². The van der Waals surface area contributed by atoms with Crippen molar-refractivity contribution in [1.29, 1.82) is 0 Å². The van der Waals surface area contributed by atoms with E-state index in [0.29, 0.717) is 0 Å². The quantitative estimate of drug-likeness (QED) is 0.204. The molecular formula is C18H10Br4I2N2O4. The fourth-order valence-corrected chi connectivity index (χ4v) is 5.22. The monoisotopic (exact) mass is 888 g/mol. The largest absolute Gasteiger partial charge is 0.478 e. The predicted molar refractivity (Wildman–Crippen MR) is 145 cm³/mol. The number of nitrogens with zero attached hydrogens (tertiary/aromatic N) is 2. The van der Waals surface area contributed by atoms with Gasteiger partial charge in [0.15, 0.2) is 0 Å². The van der Waals surface area contributed by atoms with Crippen molar-refractivity contribution in [2.24, 2.45) is 0 Å². The summed E-state index contributed by atoms with van der Waals surface area (Å²) in [5.74, 6) is -2.34. The molecule has 3 aromatic rings. The number of carboxylic acid groups (broad SMARTS) is 2. The van der Waals surface area contributed by atoms with Crippen LogP contribution in [0, 0.1) is 7.14 Å². The predicted octanol–water partition coefficient (Wildman–Crippen LogP) is 7.51. The first-order valence-electron chi connectivity index (χ1n) is 7.51. The number of benzene rings is 1. The number of rotatable bonds is 2. The van der Waals surface area contributed by atoms with E-state index in [1.54, 1.807) is 12.4 Å². The highest BCUT2D eigenvalue weighted by molar-refractivity contribution is 14.1. The molecule has 0 atom stereocenters. The van der Waals surface area contributed by atoms with Crippen molar-refractivity contribution >= 4 is 121 Å². The third-order valence-corrected chi connectivity index (χ3v) is 8.45. The Kier molecular flexibility index (Phi) is 13.1. The summed E-state index contributed by atoms with van der Waals surface area (Å²) >= 11 is 16.6. The van der Waals surface area contributed by atoms with Gasteiger partial charge in [-0.3, -0.25) is 9.97 Å². The summed E-state index contributed by atoms with van der Waals surface area (Å²) in [5, 5.41) is 18.0. The van der Waals surface area contributed by atoms with Crippen LogP contribution in [0.3, 0.4) is 0 Å². The van der Waals surface area contributed by atoms with Crippen molar-refractivity contribution in [3.63, 3.8) is 0 Å². The Labute approximate surface area is 233 Å². The number of hydrogen-bond acceptors (Lipinski definition) is 4. The van der Waals surface area contributed by atoms with Gasteiger partial charge in [-0.05, 0) is 133 Å².